The Morgan fingerprint density at radius 3 is 2.94 bits per heavy atom. The first-order valence-corrected chi connectivity index (χ1v) is 13.1. The third-order valence-corrected chi connectivity index (χ3v) is 8.68. The monoisotopic (exact) mass is 501 g/mol. The highest BCUT2D eigenvalue weighted by Gasteiger charge is 2.48. The molecule has 3 fully saturated rings. The maximum Gasteiger partial charge on any atom is 0.266 e. The fourth-order valence-electron chi connectivity index (χ4n) is 5.57. The number of amides is 1. The van der Waals surface area contributed by atoms with Gasteiger partial charge in [-0.15, -0.1) is 0 Å². The molecular weight excluding hydrogens is 474 g/mol. The molecule has 2 aromatic rings. The van der Waals surface area contributed by atoms with Crippen LogP contribution in [0.4, 0.5) is 0 Å². The molecule has 3 atom stereocenters. The molecule has 3 aliphatic rings. The van der Waals surface area contributed by atoms with Crippen LogP contribution in [-0.2, 0) is 11.2 Å². The Labute approximate surface area is 209 Å². The smallest absolute Gasteiger partial charge is 0.266 e. The summed E-state index contributed by atoms with van der Waals surface area (Å²) in [5.74, 6) is 2.25. The number of hydrogen-bond acceptors (Lipinski definition) is 5. The Bertz CT molecular complexity index is 1100. The average Bonchev–Trinajstić information content (AvgIpc) is 3.59. The molecule has 8 heteroatoms. The molecular formula is C25H28ClN3O2S2. The van der Waals surface area contributed by atoms with Crippen LogP contribution in [0.3, 0.4) is 0 Å². The molecule has 174 valence electrons. The van der Waals surface area contributed by atoms with Crippen molar-refractivity contribution >= 4 is 52.1 Å². The topological polar surface area (TPSA) is 57.4 Å². The van der Waals surface area contributed by atoms with Crippen molar-refractivity contribution in [1.29, 1.82) is 0 Å². The minimum atomic E-state index is 0.0634. The van der Waals surface area contributed by atoms with E-state index in [0.717, 1.165) is 53.4 Å². The molecule has 2 bridgehead atoms. The van der Waals surface area contributed by atoms with E-state index in [-0.39, 0.29) is 11.9 Å². The Balaban J connectivity index is 1.44. The summed E-state index contributed by atoms with van der Waals surface area (Å²) in [7, 11) is 1.67. The van der Waals surface area contributed by atoms with E-state index >= 15 is 0 Å². The number of aromatic amines is 1. The van der Waals surface area contributed by atoms with E-state index < -0.39 is 0 Å². The van der Waals surface area contributed by atoms with Crippen LogP contribution in [0.2, 0.25) is 0 Å². The lowest BCUT2D eigenvalue weighted by Crippen LogP contribution is -2.41. The number of fused-ring (bicyclic) bond motifs is 2. The summed E-state index contributed by atoms with van der Waals surface area (Å²) >= 11 is 12.8. The molecule has 2 aliphatic carbocycles. The minimum absolute atomic E-state index is 0.0634. The summed E-state index contributed by atoms with van der Waals surface area (Å²) in [4.78, 5) is 22.3. The highest BCUT2D eigenvalue weighted by molar-refractivity contribution is 8.26. The van der Waals surface area contributed by atoms with E-state index in [0.29, 0.717) is 21.7 Å². The van der Waals surface area contributed by atoms with Crippen molar-refractivity contribution in [3.63, 3.8) is 0 Å². The van der Waals surface area contributed by atoms with Gasteiger partial charge in [-0.25, -0.2) is 4.84 Å². The number of aryl methyl sites for hydroxylation is 1. The molecule has 1 amide bonds. The second-order valence-corrected chi connectivity index (χ2v) is 11.1. The Morgan fingerprint density at radius 2 is 2.21 bits per heavy atom. The number of aromatic nitrogens is 1. The van der Waals surface area contributed by atoms with Gasteiger partial charge in [0.05, 0.1) is 12.0 Å². The molecule has 3 unspecified atom stereocenters. The van der Waals surface area contributed by atoms with Crippen LogP contribution in [0.25, 0.3) is 17.3 Å². The first-order valence-electron chi connectivity index (χ1n) is 11.5. The summed E-state index contributed by atoms with van der Waals surface area (Å²) in [5, 5.41) is 0. The summed E-state index contributed by atoms with van der Waals surface area (Å²) in [5.41, 5.74) is 4.15. The van der Waals surface area contributed by atoms with Gasteiger partial charge in [-0.1, -0.05) is 42.5 Å². The van der Waals surface area contributed by atoms with E-state index in [4.69, 9.17) is 28.7 Å². The maximum absolute atomic E-state index is 13.4. The van der Waals surface area contributed by atoms with Crippen LogP contribution in [0, 0.1) is 11.8 Å². The van der Waals surface area contributed by atoms with Gasteiger partial charge in [-0.3, -0.25) is 9.69 Å². The number of methoxy groups -OCH3 is 1. The third-order valence-electron chi connectivity index (χ3n) is 7.16. The van der Waals surface area contributed by atoms with E-state index in [9.17, 15) is 4.79 Å². The van der Waals surface area contributed by atoms with E-state index in [2.05, 4.69) is 22.0 Å². The van der Waals surface area contributed by atoms with Crippen molar-refractivity contribution < 1.29 is 9.53 Å². The zero-order chi connectivity index (χ0) is 22.9. The van der Waals surface area contributed by atoms with Gasteiger partial charge >= 0.3 is 0 Å². The lowest BCUT2D eigenvalue weighted by atomic mass is 9.94. The lowest BCUT2D eigenvalue weighted by molar-refractivity contribution is -0.124. The zero-order valence-electron chi connectivity index (χ0n) is 18.6. The number of halogens is 1. The maximum atomic E-state index is 13.4. The summed E-state index contributed by atoms with van der Waals surface area (Å²) in [6.07, 6.45) is 8.61. The van der Waals surface area contributed by atoms with Gasteiger partial charge in [0.2, 0.25) is 0 Å². The minimum Gasteiger partial charge on any atom is -0.497 e. The van der Waals surface area contributed by atoms with Crippen LogP contribution in [0.1, 0.15) is 43.4 Å². The zero-order valence-corrected chi connectivity index (χ0v) is 21.0. The van der Waals surface area contributed by atoms with Gasteiger partial charge in [0.15, 0.2) is 0 Å². The van der Waals surface area contributed by atoms with E-state index in [1.807, 2.05) is 29.2 Å². The number of nitrogens with zero attached hydrogens (tertiary/aromatic N) is 1. The largest absolute Gasteiger partial charge is 0.497 e. The number of ether oxygens (including phenoxy) is 1. The SMILES string of the molecule is COc1cccc(-c2cc(CCCNCl)c(/C=C3\SC(=S)N(C4CC5CCC4C5)C3=O)[nH]2)c1. The van der Waals surface area contributed by atoms with Gasteiger partial charge in [0.1, 0.15) is 10.1 Å². The van der Waals surface area contributed by atoms with Gasteiger partial charge < -0.3 is 9.72 Å². The second-order valence-electron chi connectivity index (χ2n) is 9.13. The Hall–Kier alpha value is -1.80. The molecule has 2 heterocycles. The average molecular weight is 502 g/mol. The number of thiocarbonyl (C=S) groups is 1. The van der Waals surface area contributed by atoms with E-state index in [1.54, 1.807) is 7.11 Å². The number of benzene rings is 1. The molecule has 0 radical (unpaired) electrons. The predicted octanol–water partition coefficient (Wildman–Crippen LogP) is 5.76. The van der Waals surface area contributed by atoms with Crippen LogP contribution >= 0.6 is 35.8 Å². The second kappa shape index (κ2) is 9.82. The van der Waals surface area contributed by atoms with Gasteiger partial charge in [-0.05, 0) is 85.6 Å². The molecule has 0 spiro atoms. The molecule has 2 N–H and O–H groups in total. The first-order chi connectivity index (χ1) is 16.1. The summed E-state index contributed by atoms with van der Waals surface area (Å²) < 4.78 is 6.10. The first kappa shape index (κ1) is 23.0. The lowest BCUT2D eigenvalue weighted by Gasteiger charge is -2.30. The van der Waals surface area contributed by atoms with Crippen molar-refractivity contribution in [3.05, 3.63) is 46.5 Å². The summed E-state index contributed by atoms with van der Waals surface area (Å²) in [6.45, 7) is 0.715. The summed E-state index contributed by atoms with van der Waals surface area (Å²) in [6, 6.07) is 10.4. The number of hydrogen-bond donors (Lipinski definition) is 2. The van der Waals surface area contributed by atoms with Crippen molar-refractivity contribution in [1.82, 2.24) is 14.7 Å². The van der Waals surface area contributed by atoms with Gasteiger partial charge in [0, 0.05) is 29.5 Å². The van der Waals surface area contributed by atoms with Crippen molar-refractivity contribution in [3.8, 4) is 17.0 Å². The van der Waals surface area contributed by atoms with Crippen LogP contribution < -0.4 is 9.57 Å². The highest BCUT2D eigenvalue weighted by atomic mass is 35.5. The fraction of sp³-hybridized carbons (Fsp3) is 0.440. The van der Waals surface area contributed by atoms with Gasteiger partial charge in [0.25, 0.3) is 5.91 Å². The van der Waals surface area contributed by atoms with Crippen molar-refractivity contribution in [2.45, 2.75) is 44.6 Å². The molecule has 1 aromatic carbocycles. The highest BCUT2D eigenvalue weighted by Crippen LogP contribution is 2.49. The van der Waals surface area contributed by atoms with Crippen LogP contribution in [0.15, 0.2) is 35.2 Å². The third kappa shape index (κ3) is 4.61. The number of carbonyl (C=O) groups excluding carboxylic acids is 1. The molecule has 1 saturated heterocycles. The molecule has 1 aliphatic heterocycles. The molecule has 5 rings (SSSR count). The predicted molar refractivity (Wildman–Crippen MR) is 139 cm³/mol. The van der Waals surface area contributed by atoms with Gasteiger partial charge in [-0.2, -0.15) is 0 Å². The normalized spacial score (nSPS) is 25.6. The van der Waals surface area contributed by atoms with Crippen LogP contribution in [-0.4, -0.2) is 39.8 Å². The molecule has 5 nitrogen and oxygen atoms in total. The number of H-pyrrole nitrogens is 1. The number of rotatable bonds is 8. The van der Waals surface area contributed by atoms with Crippen molar-refractivity contribution in [2.24, 2.45) is 11.8 Å². The fourth-order valence-corrected chi connectivity index (χ4v) is 7.05. The van der Waals surface area contributed by atoms with Crippen LogP contribution in [0.5, 0.6) is 5.75 Å². The number of thioether (sulfide) groups is 1. The van der Waals surface area contributed by atoms with Crippen molar-refractivity contribution in [2.75, 3.05) is 13.7 Å². The Morgan fingerprint density at radius 1 is 1.33 bits per heavy atom. The van der Waals surface area contributed by atoms with E-state index in [1.165, 1.54) is 31.0 Å². The molecule has 2 saturated carbocycles. The molecule has 1 aromatic heterocycles. The number of nitrogens with one attached hydrogen (secondary N) is 2. The standard InChI is InChI=1S/C25H28ClN3O2S2/c1-31-19-6-2-4-16(12-19)20-13-17(5-3-9-27-26)21(28-20)14-23-24(30)29(25(32)33-23)22-11-15-7-8-18(22)10-15/h2,4,6,12-15,18,22,27-28H,3,5,7-11H2,1H3/b23-14-. The number of carbonyl (C=O) groups is 1. The Kier molecular flexibility index (Phi) is 6.84. The quantitative estimate of drug-likeness (QED) is 0.208. The molecule has 33 heavy (non-hydrogen) atoms.